The van der Waals surface area contributed by atoms with Crippen molar-refractivity contribution in [1.82, 2.24) is 15.1 Å². The fourth-order valence-corrected chi connectivity index (χ4v) is 4.07. The summed E-state index contributed by atoms with van der Waals surface area (Å²) in [4.78, 5) is 15.0. The molecule has 0 unspecified atom stereocenters. The highest BCUT2D eigenvalue weighted by molar-refractivity contribution is 5.94. The van der Waals surface area contributed by atoms with Crippen molar-refractivity contribution in [2.75, 3.05) is 24.5 Å². The van der Waals surface area contributed by atoms with Crippen LogP contribution in [0.25, 0.3) is 0 Å². The molecular formula is C22H30N4O. The fraction of sp³-hybridized carbons (Fsp3) is 0.545. The van der Waals surface area contributed by atoms with E-state index in [0.717, 1.165) is 50.3 Å². The van der Waals surface area contributed by atoms with Gasteiger partial charge < -0.3 is 10.2 Å². The molecule has 5 heteroatoms. The van der Waals surface area contributed by atoms with E-state index in [0.29, 0.717) is 0 Å². The van der Waals surface area contributed by atoms with Crippen LogP contribution >= 0.6 is 0 Å². The summed E-state index contributed by atoms with van der Waals surface area (Å²) in [6.45, 7) is 7.98. The molecule has 1 aliphatic carbocycles. The van der Waals surface area contributed by atoms with E-state index in [9.17, 15) is 4.79 Å². The average molecular weight is 367 g/mol. The molecular weight excluding hydrogens is 336 g/mol. The van der Waals surface area contributed by atoms with Gasteiger partial charge in [0.05, 0.1) is 5.69 Å². The van der Waals surface area contributed by atoms with Crippen molar-refractivity contribution in [2.24, 2.45) is 5.41 Å². The Morgan fingerprint density at radius 3 is 2.41 bits per heavy atom. The molecule has 4 rings (SSSR count). The second kappa shape index (κ2) is 7.37. The molecule has 2 aromatic rings. The van der Waals surface area contributed by atoms with Crippen LogP contribution in [0.3, 0.4) is 0 Å². The Bertz CT molecular complexity index is 798. The van der Waals surface area contributed by atoms with Crippen LogP contribution in [0, 0.1) is 19.3 Å². The third-order valence-electron chi connectivity index (χ3n) is 6.02. The van der Waals surface area contributed by atoms with E-state index in [1.54, 1.807) is 0 Å². The Balaban J connectivity index is 1.33. The third kappa shape index (κ3) is 4.18. The largest absolute Gasteiger partial charge is 0.372 e. The normalized spacial score (nSPS) is 18.4. The summed E-state index contributed by atoms with van der Waals surface area (Å²) >= 11 is 0. The highest BCUT2D eigenvalue weighted by atomic mass is 16.1. The van der Waals surface area contributed by atoms with Gasteiger partial charge in [-0.2, -0.15) is 5.10 Å². The minimum absolute atomic E-state index is 0.0276. The molecule has 2 aliphatic rings. The van der Waals surface area contributed by atoms with Gasteiger partial charge in [0.25, 0.3) is 5.91 Å². The molecule has 0 spiro atoms. The van der Waals surface area contributed by atoms with Gasteiger partial charge in [0.1, 0.15) is 0 Å². The first-order chi connectivity index (χ1) is 13.0. The summed E-state index contributed by atoms with van der Waals surface area (Å²) < 4.78 is 2.09. The van der Waals surface area contributed by atoms with E-state index in [1.165, 1.54) is 30.6 Å². The van der Waals surface area contributed by atoms with E-state index in [-0.39, 0.29) is 11.3 Å². The molecule has 1 saturated heterocycles. The smallest absolute Gasteiger partial charge is 0.251 e. The number of hydrogen-bond donors (Lipinski definition) is 1. The number of aromatic nitrogens is 2. The molecule has 1 N–H and O–H groups in total. The van der Waals surface area contributed by atoms with Gasteiger partial charge in [-0.15, -0.1) is 0 Å². The summed E-state index contributed by atoms with van der Waals surface area (Å²) in [5.74, 6) is 0.0276. The molecule has 2 fully saturated rings. The first-order valence-corrected chi connectivity index (χ1v) is 10.2. The van der Waals surface area contributed by atoms with Gasteiger partial charge >= 0.3 is 0 Å². The lowest BCUT2D eigenvalue weighted by Gasteiger charge is -2.28. The summed E-state index contributed by atoms with van der Waals surface area (Å²) in [5.41, 5.74) is 4.40. The predicted molar refractivity (Wildman–Crippen MR) is 108 cm³/mol. The topological polar surface area (TPSA) is 50.2 Å². The molecule has 1 amide bonds. The summed E-state index contributed by atoms with van der Waals surface area (Å²) in [6, 6.07) is 10.2. The van der Waals surface area contributed by atoms with Crippen molar-refractivity contribution in [2.45, 2.75) is 52.5 Å². The lowest BCUT2D eigenvalue weighted by molar-refractivity contribution is 0.0942. The van der Waals surface area contributed by atoms with E-state index in [2.05, 4.69) is 45.1 Å². The molecule has 0 atom stereocenters. The van der Waals surface area contributed by atoms with Crippen molar-refractivity contribution in [3.05, 3.63) is 47.3 Å². The molecule has 0 bridgehead atoms. The van der Waals surface area contributed by atoms with Crippen LogP contribution in [0.5, 0.6) is 0 Å². The number of aryl methyl sites for hydroxylation is 2. The van der Waals surface area contributed by atoms with Gasteiger partial charge in [0, 0.05) is 48.5 Å². The first-order valence-electron chi connectivity index (χ1n) is 10.2. The highest BCUT2D eigenvalue weighted by Gasteiger charge is 2.43. The zero-order chi connectivity index (χ0) is 18.9. The Labute approximate surface area is 161 Å². The number of carbonyl (C=O) groups excluding carboxylic acids is 1. The molecule has 1 aromatic carbocycles. The van der Waals surface area contributed by atoms with Gasteiger partial charge in [-0.1, -0.05) is 0 Å². The van der Waals surface area contributed by atoms with E-state index in [4.69, 9.17) is 0 Å². The standard InChI is InChI=1S/C22H30N4O/c1-17-14-18(2)26(24-17)16-22(10-11-22)15-23-21(27)19-6-8-20(9-7-19)25-12-4-3-5-13-25/h6-9,14H,3-5,10-13,15-16H2,1-2H3,(H,23,27). The van der Waals surface area contributed by atoms with Crippen molar-refractivity contribution >= 4 is 11.6 Å². The van der Waals surface area contributed by atoms with Crippen LogP contribution in [0.2, 0.25) is 0 Å². The Hall–Kier alpha value is -2.30. The minimum Gasteiger partial charge on any atom is -0.372 e. The molecule has 1 aliphatic heterocycles. The highest BCUT2D eigenvalue weighted by Crippen LogP contribution is 2.46. The number of carbonyl (C=O) groups is 1. The number of nitrogens with one attached hydrogen (secondary N) is 1. The second-order valence-corrected chi connectivity index (χ2v) is 8.36. The number of anilines is 1. The van der Waals surface area contributed by atoms with Crippen LogP contribution in [-0.2, 0) is 6.54 Å². The lowest BCUT2D eigenvalue weighted by atomic mass is 10.1. The van der Waals surface area contributed by atoms with Crippen LogP contribution in [0.15, 0.2) is 30.3 Å². The Morgan fingerprint density at radius 2 is 1.81 bits per heavy atom. The quantitative estimate of drug-likeness (QED) is 0.848. The number of rotatable bonds is 6. The molecule has 1 aromatic heterocycles. The SMILES string of the molecule is Cc1cc(C)n(CC2(CNC(=O)c3ccc(N4CCCCC4)cc3)CC2)n1. The Morgan fingerprint density at radius 1 is 1.11 bits per heavy atom. The van der Waals surface area contributed by atoms with Crippen molar-refractivity contribution in [3.8, 4) is 0 Å². The zero-order valence-electron chi connectivity index (χ0n) is 16.5. The van der Waals surface area contributed by atoms with Gasteiger partial charge in [-0.3, -0.25) is 9.48 Å². The summed E-state index contributed by atoms with van der Waals surface area (Å²) in [5, 5.41) is 7.73. The van der Waals surface area contributed by atoms with Crippen LogP contribution in [0.1, 0.15) is 53.8 Å². The molecule has 2 heterocycles. The minimum atomic E-state index is 0.0276. The number of nitrogens with zero attached hydrogens (tertiary/aromatic N) is 3. The van der Waals surface area contributed by atoms with Crippen molar-refractivity contribution in [1.29, 1.82) is 0 Å². The molecule has 5 nitrogen and oxygen atoms in total. The summed E-state index contributed by atoms with van der Waals surface area (Å²) in [6.07, 6.45) is 6.16. The third-order valence-corrected chi connectivity index (χ3v) is 6.02. The maximum atomic E-state index is 12.6. The molecule has 0 radical (unpaired) electrons. The van der Waals surface area contributed by atoms with Gasteiger partial charge in [0.15, 0.2) is 0 Å². The monoisotopic (exact) mass is 366 g/mol. The fourth-order valence-electron chi connectivity index (χ4n) is 4.07. The van der Waals surface area contributed by atoms with Gasteiger partial charge in [-0.05, 0) is 76.3 Å². The second-order valence-electron chi connectivity index (χ2n) is 8.36. The average Bonchev–Trinajstić information content (AvgIpc) is 3.38. The molecule has 1 saturated carbocycles. The predicted octanol–water partition coefficient (Wildman–Crippen LogP) is 3.70. The van der Waals surface area contributed by atoms with E-state index >= 15 is 0 Å². The maximum absolute atomic E-state index is 12.6. The van der Waals surface area contributed by atoms with E-state index in [1.807, 2.05) is 19.1 Å². The molecule has 27 heavy (non-hydrogen) atoms. The maximum Gasteiger partial charge on any atom is 0.251 e. The van der Waals surface area contributed by atoms with Gasteiger partial charge in [-0.25, -0.2) is 0 Å². The first kappa shape index (κ1) is 18.1. The van der Waals surface area contributed by atoms with Crippen molar-refractivity contribution < 1.29 is 4.79 Å². The number of piperidine rings is 1. The number of hydrogen-bond acceptors (Lipinski definition) is 3. The summed E-state index contributed by atoms with van der Waals surface area (Å²) in [7, 11) is 0. The number of amides is 1. The van der Waals surface area contributed by atoms with Crippen LogP contribution in [0.4, 0.5) is 5.69 Å². The number of benzene rings is 1. The molecule has 144 valence electrons. The lowest BCUT2D eigenvalue weighted by Crippen LogP contribution is -2.33. The van der Waals surface area contributed by atoms with Crippen molar-refractivity contribution in [3.63, 3.8) is 0 Å². The van der Waals surface area contributed by atoms with Gasteiger partial charge in [0.2, 0.25) is 0 Å². The van der Waals surface area contributed by atoms with Crippen LogP contribution in [-0.4, -0.2) is 35.3 Å². The van der Waals surface area contributed by atoms with E-state index < -0.39 is 0 Å². The Kier molecular flexibility index (Phi) is 4.94. The van der Waals surface area contributed by atoms with Crippen LogP contribution < -0.4 is 10.2 Å². The zero-order valence-corrected chi connectivity index (χ0v) is 16.5.